The van der Waals surface area contributed by atoms with Crippen LogP contribution in [-0.4, -0.2) is 6.61 Å². The van der Waals surface area contributed by atoms with Crippen LogP contribution in [0.2, 0.25) is 0 Å². The third kappa shape index (κ3) is 8.85. The molecule has 0 fully saturated rings. The maximum atomic E-state index is 5.78. The number of hydrogen-bond donors (Lipinski definition) is 2. The highest BCUT2D eigenvalue weighted by Gasteiger charge is 1.98. The van der Waals surface area contributed by atoms with Gasteiger partial charge in [-0.15, -0.1) is 0 Å². The molecule has 3 nitrogen and oxygen atoms in total. The van der Waals surface area contributed by atoms with E-state index in [1.807, 2.05) is 24.3 Å². The van der Waals surface area contributed by atoms with Gasteiger partial charge in [0.1, 0.15) is 5.75 Å². The lowest BCUT2D eigenvalue weighted by Crippen LogP contribution is -2.08. The monoisotopic (exact) mass is 368 g/mol. The molecule has 0 bridgehead atoms. The molecule has 2 aromatic carbocycles. The third-order valence-corrected chi connectivity index (χ3v) is 4.75. The first-order chi connectivity index (χ1) is 13.3. The van der Waals surface area contributed by atoms with Crippen molar-refractivity contribution in [3.05, 3.63) is 54.1 Å². The Balaban J connectivity index is 1.68. The number of rotatable bonds is 14. The molecule has 0 spiro atoms. The van der Waals surface area contributed by atoms with Gasteiger partial charge in [-0.2, -0.15) is 0 Å². The van der Waals surface area contributed by atoms with Crippen LogP contribution in [-0.2, 0) is 6.42 Å². The first kappa shape index (κ1) is 21.1. The van der Waals surface area contributed by atoms with Gasteiger partial charge in [-0.05, 0) is 61.2 Å². The van der Waals surface area contributed by atoms with Crippen LogP contribution in [0, 0.1) is 0 Å². The standard InChI is InChI=1S/C24H36N2O/c1-3-5-7-9-11-21-12-14-22(15-13-21)25-26-23-16-18-24(19-17-23)27-20-10-8-6-4-2/h12-19,25-26H,3-11,20H2,1-2H3. The second-order valence-electron chi connectivity index (χ2n) is 7.19. The quantitative estimate of drug-likeness (QED) is 0.273. The first-order valence-electron chi connectivity index (χ1n) is 10.7. The molecule has 2 N–H and O–H groups in total. The Morgan fingerprint density at radius 3 is 1.78 bits per heavy atom. The Morgan fingerprint density at radius 2 is 1.19 bits per heavy atom. The Labute approximate surface area is 165 Å². The van der Waals surface area contributed by atoms with Crippen molar-refractivity contribution in [3.63, 3.8) is 0 Å². The largest absolute Gasteiger partial charge is 0.494 e. The van der Waals surface area contributed by atoms with E-state index in [0.717, 1.165) is 30.2 Å². The number of hydrazine groups is 1. The predicted molar refractivity (Wildman–Crippen MR) is 118 cm³/mol. The highest BCUT2D eigenvalue weighted by Crippen LogP contribution is 2.17. The summed E-state index contributed by atoms with van der Waals surface area (Å²) in [6.45, 7) is 5.28. The van der Waals surface area contributed by atoms with Crippen LogP contribution in [0.3, 0.4) is 0 Å². The smallest absolute Gasteiger partial charge is 0.119 e. The van der Waals surface area contributed by atoms with Gasteiger partial charge >= 0.3 is 0 Å². The number of unbranched alkanes of at least 4 members (excludes halogenated alkanes) is 6. The van der Waals surface area contributed by atoms with Crippen LogP contribution in [0.4, 0.5) is 11.4 Å². The second-order valence-corrected chi connectivity index (χ2v) is 7.19. The van der Waals surface area contributed by atoms with Crippen molar-refractivity contribution in [3.8, 4) is 5.75 Å². The fourth-order valence-electron chi connectivity index (χ4n) is 3.01. The van der Waals surface area contributed by atoms with Gasteiger partial charge in [0, 0.05) is 0 Å². The molecular weight excluding hydrogens is 332 g/mol. The van der Waals surface area contributed by atoms with Crippen LogP contribution < -0.4 is 15.6 Å². The van der Waals surface area contributed by atoms with Crippen molar-refractivity contribution >= 4 is 11.4 Å². The van der Waals surface area contributed by atoms with Crippen molar-refractivity contribution < 1.29 is 4.74 Å². The van der Waals surface area contributed by atoms with Crippen LogP contribution >= 0.6 is 0 Å². The molecular formula is C24H36N2O. The van der Waals surface area contributed by atoms with Crippen LogP contribution in [0.1, 0.15) is 70.8 Å². The zero-order chi connectivity index (χ0) is 19.2. The van der Waals surface area contributed by atoms with Gasteiger partial charge in [0.25, 0.3) is 0 Å². The molecule has 2 rings (SSSR count). The number of nitrogens with one attached hydrogen (secondary N) is 2. The van der Waals surface area contributed by atoms with E-state index >= 15 is 0 Å². The average molecular weight is 369 g/mol. The molecule has 0 heterocycles. The van der Waals surface area contributed by atoms with Gasteiger partial charge in [0.2, 0.25) is 0 Å². The molecule has 0 saturated carbocycles. The molecule has 0 amide bonds. The summed E-state index contributed by atoms with van der Waals surface area (Å²) < 4.78 is 5.78. The summed E-state index contributed by atoms with van der Waals surface area (Å²) in [6.07, 6.45) is 11.3. The minimum absolute atomic E-state index is 0.801. The number of benzene rings is 2. The Kier molecular flexibility index (Phi) is 10.2. The number of hydrogen-bond acceptors (Lipinski definition) is 3. The topological polar surface area (TPSA) is 33.3 Å². The lowest BCUT2D eigenvalue weighted by Gasteiger charge is -2.11. The van der Waals surface area contributed by atoms with E-state index in [4.69, 9.17) is 4.74 Å². The fourth-order valence-corrected chi connectivity index (χ4v) is 3.01. The summed E-state index contributed by atoms with van der Waals surface area (Å²) in [4.78, 5) is 0. The van der Waals surface area contributed by atoms with E-state index in [2.05, 4.69) is 49.0 Å². The van der Waals surface area contributed by atoms with Gasteiger partial charge < -0.3 is 15.6 Å². The maximum Gasteiger partial charge on any atom is 0.119 e. The Bertz CT molecular complexity index is 607. The van der Waals surface area contributed by atoms with Crippen LogP contribution in [0.25, 0.3) is 0 Å². The molecule has 0 radical (unpaired) electrons. The van der Waals surface area contributed by atoms with E-state index in [9.17, 15) is 0 Å². The maximum absolute atomic E-state index is 5.78. The summed E-state index contributed by atoms with van der Waals surface area (Å²) in [6, 6.07) is 16.8. The van der Waals surface area contributed by atoms with Gasteiger partial charge in [0.05, 0.1) is 18.0 Å². The van der Waals surface area contributed by atoms with Crippen molar-refractivity contribution in [1.29, 1.82) is 0 Å². The molecule has 0 aromatic heterocycles. The van der Waals surface area contributed by atoms with E-state index < -0.39 is 0 Å². The van der Waals surface area contributed by atoms with E-state index in [0.29, 0.717) is 0 Å². The molecule has 2 aromatic rings. The molecule has 0 aliphatic heterocycles. The lowest BCUT2D eigenvalue weighted by molar-refractivity contribution is 0.305. The summed E-state index contributed by atoms with van der Waals surface area (Å²) in [5, 5.41) is 0. The molecule has 0 aliphatic rings. The first-order valence-corrected chi connectivity index (χ1v) is 10.7. The number of anilines is 2. The fraction of sp³-hybridized carbons (Fsp3) is 0.500. The molecule has 0 aliphatic carbocycles. The lowest BCUT2D eigenvalue weighted by atomic mass is 10.1. The minimum atomic E-state index is 0.801. The number of ether oxygens (including phenoxy) is 1. The predicted octanol–water partition coefficient (Wildman–Crippen LogP) is 7.21. The number of aryl methyl sites for hydroxylation is 1. The zero-order valence-corrected chi connectivity index (χ0v) is 17.1. The van der Waals surface area contributed by atoms with Gasteiger partial charge in [-0.1, -0.05) is 64.5 Å². The normalized spacial score (nSPS) is 10.6. The average Bonchev–Trinajstić information content (AvgIpc) is 2.71. The van der Waals surface area contributed by atoms with Gasteiger partial charge in [-0.3, -0.25) is 0 Å². The van der Waals surface area contributed by atoms with E-state index in [1.54, 1.807) is 0 Å². The van der Waals surface area contributed by atoms with E-state index in [1.165, 1.54) is 56.9 Å². The van der Waals surface area contributed by atoms with Crippen molar-refractivity contribution in [1.82, 2.24) is 0 Å². The van der Waals surface area contributed by atoms with Crippen LogP contribution in [0.5, 0.6) is 5.75 Å². The molecule has 27 heavy (non-hydrogen) atoms. The van der Waals surface area contributed by atoms with Gasteiger partial charge in [-0.25, -0.2) is 0 Å². The van der Waals surface area contributed by atoms with Gasteiger partial charge in [0.15, 0.2) is 0 Å². The van der Waals surface area contributed by atoms with Crippen molar-refractivity contribution in [2.45, 2.75) is 71.6 Å². The SMILES string of the molecule is CCCCCCOc1ccc(NNc2ccc(CCCCCC)cc2)cc1. The summed E-state index contributed by atoms with van der Waals surface area (Å²) in [7, 11) is 0. The minimum Gasteiger partial charge on any atom is -0.494 e. The third-order valence-electron chi connectivity index (χ3n) is 4.75. The summed E-state index contributed by atoms with van der Waals surface area (Å²) in [5.74, 6) is 0.935. The molecule has 3 heteroatoms. The second kappa shape index (κ2) is 13.1. The Hall–Kier alpha value is -2.16. The van der Waals surface area contributed by atoms with Crippen molar-refractivity contribution in [2.75, 3.05) is 17.5 Å². The van der Waals surface area contributed by atoms with E-state index in [-0.39, 0.29) is 0 Å². The zero-order valence-electron chi connectivity index (χ0n) is 17.1. The molecule has 0 saturated heterocycles. The molecule has 148 valence electrons. The Morgan fingerprint density at radius 1 is 0.630 bits per heavy atom. The molecule has 0 unspecified atom stereocenters. The van der Waals surface area contributed by atoms with Crippen molar-refractivity contribution in [2.24, 2.45) is 0 Å². The van der Waals surface area contributed by atoms with Crippen LogP contribution in [0.15, 0.2) is 48.5 Å². The molecule has 0 atom stereocenters. The highest BCUT2D eigenvalue weighted by atomic mass is 16.5. The summed E-state index contributed by atoms with van der Waals surface area (Å²) >= 11 is 0. The summed E-state index contributed by atoms with van der Waals surface area (Å²) in [5.41, 5.74) is 10.0. The highest BCUT2D eigenvalue weighted by molar-refractivity contribution is 5.54.